The lowest BCUT2D eigenvalue weighted by molar-refractivity contribution is -0.147. The van der Waals surface area contributed by atoms with Gasteiger partial charge in [0.05, 0.1) is 24.9 Å². The van der Waals surface area contributed by atoms with Crippen molar-refractivity contribution < 1.29 is 23.9 Å². The summed E-state index contributed by atoms with van der Waals surface area (Å²) in [4.78, 5) is 38.5. The zero-order chi connectivity index (χ0) is 20.1. The molecule has 1 aliphatic rings. The fraction of sp³-hybridized carbons (Fsp3) is 0.286. The van der Waals surface area contributed by atoms with Crippen LogP contribution < -0.4 is 15.0 Å². The maximum absolute atomic E-state index is 12.8. The number of nitrogens with one attached hydrogen (secondary N) is 1. The summed E-state index contributed by atoms with van der Waals surface area (Å²) in [6.45, 7) is 1.39. The normalized spacial score (nSPS) is 15.9. The molecule has 0 saturated heterocycles. The third-order valence-corrected chi connectivity index (χ3v) is 4.51. The molecule has 0 radical (unpaired) electrons. The van der Waals surface area contributed by atoms with Crippen LogP contribution in [0.25, 0.3) is 0 Å². The molecule has 0 aliphatic carbocycles. The van der Waals surface area contributed by atoms with Crippen LogP contribution in [-0.4, -0.2) is 37.5 Å². The van der Waals surface area contributed by atoms with Gasteiger partial charge in [-0.05, 0) is 25.1 Å². The van der Waals surface area contributed by atoms with Crippen LogP contribution in [0.5, 0.6) is 5.75 Å². The topological polar surface area (TPSA) is 84.9 Å². The number of amides is 2. The number of fused-ring (bicyclic) bond motifs is 1. The highest BCUT2D eigenvalue weighted by molar-refractivity contribution is 6.05. The number of ether oxygens (including phenoxy) is 2. The molecule has 0 saturated carbocycles. The lowest BCUT2D eigenvalue weighted by atomic mass is 10.1. The monoisotopic (exact) mass is 382 g/mol. The molecule has 2 aromatic carbocycles. The van der Waals surface area contributed by atoms with E-state index in [1.165, 1.54) is 12.0 Å². The van der Waals surface area contributed by atoms with Crippen LogP contribution in [0.3, 0.4) is 0 Å². The Bertz CT molecular complexity index is 896. The minimum atomic E-state index is -0.525. The maximum Gasteiger partial charge on any atom is 0.310 e. The molecule has 0 bridgehead atoms. The zero-order valence-electron chi connectivity index (χ0n) is 15.8. The quantitative estimate of drug-likeness (QED) is 0.804. The Morgan fingerprint density at radius 1 is 1.14 bits per heavy atom. The minimum absolute atomic E-state index is 0.00345. The predicted octanol–water partition coefficient (Wildman–Crippen LogP) is 2.54. The molecular formula is C21H22N2O5. The van der Waals surface area contributed by atoms with Crippen LogP contribution in [0.4, 0.5) is 11.4 Å². The number of rotatable bonds is 5. The predicted molar refractivity (Wildman–Crippen MR) is 104 cm³/mol. The van der Waals surface area contributed by atoms with Gasteiger partial charge in [0.15, 0.2) is 6.61 Å². The number of hydrogen-bond acceptors (Lipinski definition) is 5. The van der Waals surface area contributed by atoms with Crippen molar-refractivity contribution in [1.82, 2.24) is 0 Å². The second-order valence-electron chi connectivity index (χ2n) is 6.53. The van der Waals surface area contributed by atoms with Gasteiger partial charge < -0.3 is 19.7 Å². The fourth-order valence-corrected chi connectivity index (χ4v) is 3.24. The van der Waals surface area contributed by atoms with E-state index in [0.717, 1.165) is 0 Å². The van der Waals surface area contributed by atoms with E-state index in [0.29, 0.717) is 22.7 Å². The highest BCUT2D eigenvalue weighted by Crippen LogP contribution is 2.31. The van der Waals surface area contributed by atoms with Crippen LogP contribution in [0.1, 0.15) is 18.9 Å². The van der Waals surface area contributed by atoms with Crippen molar-refractivity contribution in [3.8, 4) is 5.75 Å². The molecule has 0 fully saturated rings. The van der Waals surface area contributed by atoms with Crippen molar-refractivity contribution in [3.63, 3.8) is 0 Å². The molecular weight excluding hydrogens is 360 g/mol. The Morgan fingerprint density at radius 3 is 2.64 bits per heavy atom. The van der Waals surface area contributed by atoms with Gasteiger partial charge in [-0.1, -0.05) is 30.3 Å². The van der Waals surface area contributed by atoms with Gasteiger partial charge in [0.1, 0.15) is 5.75 Å². The number of carbonyl (C=O) groups is 3. The van der Waals surface area contributed by atoms with Crippen LogP contribution >= 0.6 is 0 Å². The van der Waals surface area contributed by atoms with E-state index in [9.17, 15) is 14.4 Å². The Hall–Kier alpha value is -3.35. The number of esters is 1. The van der Waals surface area contributed by atoms with Gasteiger partial charge in [-0.25, -0.2) is 0 Å². The molecule has 7 nitrogen and oxygen atoms in total. The summed E-state index contributed by atoms with van der Waals surface area (Å²) in [6, 6.07) is 13.8. The van der Waals surface area contributed by atoms with Crippen LogP contribution in [-0.2, 0) is 25.5 Å². The first-order chi connectivity index (χ1) is 13.5. The van der Waals surface area contributed by atoms with Crippen LogP contribution in [0.2, 0.25) is 0 Å². The number of methoxy groups -OCH3 is 1. The molecule has 0 spiro atoms. The number of hydrogen-bond donors (Lipinski definition) is 1. The Morgan fingerprint density at radius 2 is 1.86 bits per heavy atom. The average molecular weight is 382 g/mol. The third-order valence-electron chi connectivity index (χ3n) is 4.51. The Kier molecular flexibility index (Phi) is 5.93. The lowest BCUT2D eigenvalue weighted by Gasteiger charge is -2.27. The summed E-state index contributed by atoms with van der Waals surface area (Å²) in [5.41, 5.74) is 1.84. The zero-order valence-corrected chi connectivity index (χ0v) is 15.8. The summed E-state index contributed by atoms with van der Waals surface area (Å²) >= 11 is 0. The SMILES string of the molecule is COc1ccccc1CC(=O)OCC(=O)N1c2ccccc2NC(=O)C[C@H]1C. The van der Waals surface area contributed by atoms with E-state index < -0.39 is 12.6 Å². The lowest BCUT2D eigenvalue weighted by Crippen LogP contribution is -2.41. The minimum Gasteiger partial charge on any atom is -0.496 e. The summed E-state index contributed by atoms with van der Waals surface area (Å²) in [6.07, 6.45) is 0.166. The fourth-order valence-electron chi connectivity index (χ4n) is 3.24. The smallest absolute Gasteiger partial charge is 0.310 e. The molecule has 0 aromatic heterocycles. The number of carbonyl (C=O) groups excluding carboxylic acids is 3. The summed E-state index contributed by atoms with van der Waals surface area (Å²) in [5, 5.41) is 2.79. The van der Waals surface area contributed by atoms with Gasteiger partial charge in [-0.2, -0.15) is 0 Å². The van der Waals surface area contributed by atoms with E-state index in [1.807, 2.05) is 6.07 Å². The van der Waals surface area contributed by atoms with Crippen LogP contribution in [0, 0.1) is 0 Å². The molecule has 1 aliphatic heterocycles. The van der Waals surface area contributed by atoms with Gasteiger partial charge in [-0.3, -0.25) is 14.4 Å². The molecule has 1 atom stereocenters. The van der Waals surface area contributed by atoms with E-state index in [4.69, 9.17) is 9.47 Å². The summed E-state index contributed by atoms with van der Waals surface area (Å²) in [7, 11) is 1.53. The molecule has 7 heteroatoms. The molecule has 1 heterocycles. The van der Waals surface area contributed by atoms with E-state index >= 15 is 0 Å². The van der Waals surface area contributed by atoms with Gasteiger partial charge in [0.2, 0.25) is 5.91 Å². The van der Waals surface area contributed by atoms with Gasteiger partial charge in [0.25, 0.3) is 5.91 Å². The van der Waals surface area contributed by atoms with Crippen LogP contribution in [0.15, 0.2) is 48.5 Å². The van der Waals surface area contributed by atoms with Crippen molar-refractivity contribution in [2.24, 2.45) is 0 Å². The van der Waals surface area contributed by atoms with Gasteiger partial charge in [0, 0.05) is 18.0 Å². The Balaban J connectivity index is 1.68. The first kappa shape index (κ1) is 19.4. The summed E-state index contributed by atoms with van der Waals surface area (Å²) in [5.74, 6) is -0.485. The van der Waals surface area contributed by atoms with Gasteiger partial charge in [-0.15, -0.1) is 0 Å². The van der Waals surface area contributed by atoms with E-state index in [1.54, 1.807) is 49.4 Å². The molecule has 1 N–H and O–H groups in total. The number of anilines is 2. The van der Waals surface area contributed by atoms with E-state index in [2.05, 4.69) is 5.32 Å². The van der Waals surface area contributed by atoms with E-state index in [-0.39, 0.29) is 30.7 Å². The van der Waals surface area contributed by atoms with Crippen molar-refractivity contribution in [2.45, 2.75) is 25.8 Å². The molecule has 0 unspecified atom stereocenters. The van der Waals surface area contributed by atoms with Crippen molar-refractivity contribution in [3.05, 3.63) is 54.1 Å². The number of nitrogens with zero attached hydrogens (tertiary/aromatic N) is 1. The average Bonchev–Trinajstić information content (AvgIpc) is 2.80. The first-order valence-corrected chi connectivity index (χ1v) is 8.98. The molecule has 2 aromatic rings. The van der Waals surface area contributed by atoms with Crippen molar-refractivity contribution in [2.75, 3.05) is 23.9 Å². The second kappa shape index (κ2) is 8.56. The standard InChI is InChI=1S/C21H22N2O5/c1-14-11-19(24)22-16-8-4-5-9-17(16)23(14)20(25)13-28-21(26)12-15-7-3-6-10-18(15)27-2/h3-10,14H,11-13H2,1-2H3,(H,22,24)/t14-/m1/s1. The molecule has 2 amide bonds. The second-order valence-corrected chi connectivity index (χ2v) is 6.53. The third kappa shape index (κ3) is 4.31. The Labute approximate surface area is 163 Å². The highest BCUT2D eigenvalue weighted by Gasteiger charge is 2.30. The number of para-hydroxylation sites is 3. The number of benzene rings is 2. The molecule has 28 heavy (non-hydrogen) atoms. The molecule has 3 rings (SSSR count). The highest BCUT2D eigenvalue weighted by atomic mass is 16.5. The first-order valence-electron chi connectivity index (χ1n) is 8.98. The van der Waals surface area contributed by atoms with Gasteiger partial charge >= 0.3 is 5.97 Å². The summed E-state index contributed by atoms with van der Waals surface area (Å²) < 4.78 is 10.4. The largest absolute Gasteiger partial charge is 0.496 e. The maximum atomic E-state index is 12.8. The van der Waals surface area contributed by atoms with Crippen molar-refractivity contribution >= 4 is 29.2 Å². The van der Waals surface area contributed by atoms with Crippen molar-refractivity contribution in [1.29, 1.82) is 0 Å². The molecule has 146 valence electrons.